The van der Waals surface area contributed by atoms with Crippen molar-refractivity contribution < 1.29 is 4.39 Å². The molecule has 0 N–H and O–H groups in total. The molecule has 0 radical (unpaired) electrons. The first-order chi connectivity index (χ1) is 7.55. The summed E-state index contributed by atoms with van der Waals surface area (Å²) < 4.78 is 13.5. The monoisotopic (exact) mass is 215 g/mol. The number of hydrogen-bond donors (Lipinski definition) is 0. The molecule has 1 aliphatic rings. The second kappa shape index (κ2) is 3.75. The maximum Gasteiger partial charge on any atom is 0.141 e. The quantitative estimate of drug-likeness (QED) is 0.655. The first kappa shape index (κ1) is 10.9. The number of benzene rings is 1. The lowest BCUT2D eigenvalue weighted by molar-refractivity contribution is 0.564. The van der Waals surface area contributed by atoms with E-state index in [9.17, 15) is 4.39 Å². The van der Waals surface area contributed by atoms with Gasteiger partial charge >= 0.3 is 0 Å². The Kier molecular flexibility index (Phi) is 2.55. The van der Waals surface area contributed by atoms with Crippen LogP contribution >= 0.6 is 0 Å². The van der Waals surface area contributed by atoms with Crippen molar-refractivity contribution in [2.75, 3.05) is 0 Å². The van der Waals surface area contributed by atoms with Crippen LogP contribution in [0.1, 0.15) is 37.8 Å². The fourth-order valence-electron chi connectivity index (χ4n) is 2.33. The van der Waals surface area contributed by atoms with Crippen LogP contribution in [0.2, 0.25) is 0 Å². The van der Waals surface area contributed by atoms with Gasteiger partial charge in [-0.05, 0) is 37.5 Å². The van der Waals surface area contributed by atoms with Crippen molar-refractivity contribution in [1.82, 2.24) is 0 Å². The van der Waals surface area contributed by atoms with Crippen LogP contribution in [0, 0.1) is 17.1 Å². The topological polar surface area (TPSA) is 23.8 Å². The van der Waals surface area contributed by atoms with Crippen molar-refractivity contribution in [3.05, 3.63) is 46.8 Å². The molecule has 16 heavy (non-hydrogen) atoms. The maximum absolute atomic E-state index is 13.5. The lowest BCUT2D eigenvalue weighted by atomic mass is 9.82. The summed E-state index contributed by atoms with van der Waals surface area (Å²) in [4.78, 5) is 0. The van der Waals surface area contributed by atoms with Gasteiger partial charge in [-0.15, -0.1) is 0 Å². The van der Waals surface area contributed by atoms with E-state index < -0.39 is 5.82 Å². The van der Waals surface area contributed by atoms with Crippen molar-refractivity contribution in [1.29, 1.82) is 5.26 Å². The molecule has 0 aromatic heterocycles. The Bertz CT molecular complexity index is 496. The Morgan fingerprint density at radius 1 is 1.44 bits per heavy atom. The molecule has 0 amide bonds. The van der Waals surface area contributed by atoms with Gasteiger partial charge in [0.1, 0.15) is 11.9 Å². The molecule has 2 heteroatoms. The zero-order valence-electron chi connectivity index (χ0n) is 9.55. The molecule has 0 saturated carbocycles. The highest BCUT2D eigenvalue weighted by molar-refractivity contribution is 5.40. The molecule has 1 aromatic carbocycles. The predicted molar refractivity (Wildman–Crippen MR) is 61.5 cm³/mol. The standard InChI is InChI=1S/C14H14FN/c1-10-5-6-14(2,8-10)12-4-3-11(9-16)13(15)7-12/h3-4,7-8H,5-6H2,1-2H3/t14-/m1/s1. The SMILES string of the molecule is CC1=C[C@](C)(c2ccc(C#N)c(F)c2)CC1. The smallest absolute Gasteiger partial charge is 0.141 e. The zero-order valence-corrected chi connectivity index (χ0v) is 9.55. The van der Waals surface area contributed by atoms with E-state index in [1.54, 1.807) is 6.07 Å². The van der Waals surface area contributed by atoms with E-state index in [0.717, 1.165) is 18.4 Å². The Morgan fingerprint density at radius 2 is 2.19 bits per heavy atom. The minimum Gasteiger partial charge on any atom is -0.206 e. The molecule has 1 aromatic rings. The van der Waals surface area contributed by atoms with Crippen molar-refractivity contribution in [2.24, 2.45) is 0 Å². The number of halogens is 1. The van der Waals surface area contributed by atoms with E-state index in [1.807, 2.05) is 12.1 Å². The second-order valence-corrected chi connectivity index (χ2v) is 4.71. The normalized spacial score (nSPS) is 24.0. The highest BCUT2D eigenvalue weighted by Crippen LogP contribution is 2.38. The van der Waals surface area contributed by atoms with Crippen LogP contribution in [0.3, 0.4) is 0 Å². The van der Waals surface area contributed by atoms with Gasteiger partial charge in [-0.3, -0.25) is 0 Å². The van der Waals surface area contributed by atoms with Gasteiger partial charge in [0.15, 0.2) is 0 Å². The fraction of sp³-hybridized carbons (Fsp3) is 0.357. The second-order valence-electron chi connectivity index (χ2n) is 4.71. The lowest BCUT2D eigenvalue weighted by Gasteiger charge is -2.22. The van der Waals surface area contributed by atoms with Crippen molar-refractivity contribution >= 4 is 0 Å². The fourth-order valence-corrected chi connectivity index (χ4v) is 2.33. The van der Waals surface area contributed by atoms with Crippen molar-refractivity contribution in [2.45, 2.75) is 32.1 Å². The van der Waals surface area contributed by atoms with Crippen molar-refractivity contribution in [3.63, 3.8) is 0 Å². The van der Waals surface area contributed by atoms with E-state index in [4.69, 9.17) is 5.26 Å². The van der Waals surface area contributed by atoms with Gasteiger partial charge in [-0.1, -0.05) is 24.6 Å². The minimum atomic E-state index is -0.417. The molecule has 0 heterocycles. The van der Waals surface area contributed by atoms with Gasteiger partial charge in [0.25, 0.3) is 0 Å². The van der Waals surface area contributed by atoms with Gasteiger partial charge in [0.2, 0.25) is 0 Å². The molecule has 0 fully saturated rings. The van der Waals surface area contributed by atoms with Gasteiger partial charge in [-0.25, -0.2) is 4.39 Å². The van der Waals surface area contributed by atoms with E-state index in [-0.39, 0.29) is 11.0 Å². The van der Waals surface area contributed by atoms with E-state index in [0.29, 0.717) is 0 Å². The molecule has 2 rings (SSSR count). The van der Waals surface area contributed by atoms with Crippen LogP contribution in [0.4, 0.5) is 4.39 Å². The molecule has 1 atom stereocenters. The number of allylic oxidation sites excluding steroid dienone is 2. The number of nitrogens with zero attached hydrogens (tertiary/aromatic N) is 1. The van der Waals surface area contributed by atoms with E-state index >= 15 is 0 Å². The minimum absolute atomic E-state index is 0.0705. The molecule has 1 nitrogen and oxygen atoms in total. The summed E-state index contributed by atoms with van der Waals surface area (Å²) in [6, 6.07) is 6.76. The lowest BCUT2D eigenvalue weighted by Crippen LogP contribution is -2.15. The highest BCUT2D eigenvalue weighted by atomic mass is 19.1. The van der Waals surface area contributed by atoms with Crippen LogP contribution in [0.15, 0.2) is 29.8 Å². The van der Waals surface area contributed by atoms with Crippen LogP contribution in [0.5, 0.6) is 0 Å². The largest absolute Gasteiger partial charge is 0.206 e. The van der Waals surface area contributed by atoms with Gasteiger partial charge in [0.05, 0.1) is 5.56 Å². The van der Waals surface area contributed by atoms with Crippen LogP contribution in [-0.4, -0.2) is 0 Å². The summed E-state index contributed by atoms with van der Waals surface area (Å²) in [5.41, 5.74) is 2.36. The van der Waals surface area contributed by atoms with Crippen LogP contribution in [0.25, 0.3) is 0 Å². The number of nitriles is 1. The Hall–Kier alpha value is -1.62. The molecule has 82 valence electrons. The number of hydrogen-bond acceptors (Lipinski definition) is 1. The molecule has 0 saturated heterocycles. The zero-order chi connectivity index (χ0) is 11.8. The van der Waals surface area contributed by atoms with Gasteiger partial charge < -0.3 is 0 Å². The number of rotatable bonds is 1. The average molecular weight is 215 g/mol. The maximum atomic E-state index is 13.5. The third kappa shape index (κ3) is 1.74. The summed E-state index contributed by atoms with van der Waals surface area (Å²) in [7, 11) is 0. The Labute approximate surface area is 95.2 Å². The molecule has 1 aliphatic carbocycles. The van der Waals surface area contributed by atoms with Crippen LogP contribution in [-0.2, 0) is 5.41 Å². The average Bonchev–Trinajstić information content (AvgIpc) is 2.60. The highest BCUT2D eigenvalue weighted by Gasteiger charge is 2.29. The van der Waals surface area contributed by atoms with Gasteiger partial charge in [-0.2, -0.15) is 5.26 Å². The Morgan fingerprint density at radius 3 is 2.69 bits per heavy atom. The molecular weight excluding hydrogens is 201 g/mol. The summed E-state index contributed by atoms with van der Waals surface area (Å²) in [6.45, 7) is 4.22. The summed E-state index contributed by atoms with van der Waals surface area (Å²) >= 11 is 0. The first-order valence-corrected chi connectivity index (χ1v) is 5.44. The van der Waals surface area contributed by atoms with Crippen LogP contribution < -0.4 is 0 Å². The molecule has 0 aliphatic heterocycles. The molecule has 0 unspecified atom stereocenters. The Balaban J connectivity index is 2.43. The van der Waals surface area contributed by atoms with E-state index in [1.165, 1.54) is 11.6 Å². The predicted octanol–water partition coefficient (Wildman–Crippen LogP) is 3.70. The molecule has 0 bridgehead atoms. The molecule has 0 spiro atoms. The summed E-state index contributed by atoms with van der Waals surface area (Å²) in [5.74, 6) is -0.417. The van der Waals surface area contributed by atoms with E-state index in [2.05, 4.69) is 19.9 Å². The third-order valence-corrected chi connectivity index (χ3v) is 3.35. The van der Waals surface area contributed by atoms with Gasteiger partial charge in [0, 0.05) is 5.41 Å². The van der Waals surface area contributed by atoms with Crippen molar-refractivity contribution in [3.8, 4) is 6.07 Å². The first-order valence-electron chi connectivity index (χ1n) is 5.44. The summed E-state index contributed by atoms with van der Waals surface area (Å²) in [5, 5.41) is 8.68. The summed E-state index contributed by atoms with van der Waals surface area (Å²) in [6.07, 6.45) is 4.29. The molecular formula is C14H14FN. The third-order valence-electron chi connectivity index (χ3n) is 3.35.